The third-order valence-electron chi connectivity index (χ3n) is 5.30. The SMILES string of the molecule is CCOC(=O)C1CCCN(C(=O)c2cc(-c3ccco3)nc3ccc(C)cc23)C1. The van der Waals surface area contributed by atoms with Gasteiger partial charge >= 0.3 is 5.97 Å². The molecule has 0 aliphatic carbocycles. The lowest BCUT2D eigenvalue weighted by molar-refractivity contribution is -0.149. The first kappa shape index (κ1) is 19.2. The quantitative estimate of drug-likeness (QED) is 0.622. The van der Waals surface area contributed by atoms with Crippen molar-refractivity contribution in [3.8, 4) is 11.5 Å². The number of fused-ring (bicyclic) bond motifs is 1. The van der Waals surface area contributed by atoms with Crippen molar-refractivity contribution in [3.63, 3.8) is 0 Å². The summed E-state index contributed by atoms with van der Waals surface area (Å²) in [4.78, 5) is 32.1. The largest absolute Gasteiger partial charge is 0.466 e. The van der Waals surface area contributed by atoms with E-state index in [9.17, 15) is 9.59 Å². The molecule has 150 valence electrons. The van der Waals surface area contributed by atoms with E-state index in [2.05, 4.69) is 4.98 Å². The smallest absolute Gasteiger partial charge is 0.310 e. The number of aryl methyl sites for hydroxylation is 1. The number of nitrogens with zero attached hydrogens (tertiary/aromatic N) is 2. The average Bonchev–Trinajstić information content (AvgIpc) is 3.28. The molecule has 1 aromatic carbocycles. The topological polar surface area (TPSA) is 72.6 Å². The van der Waals surface area contributed by atoms with E-state index in [0.717, 1.165) is 29.3 Å². The molecule has 1 fully saturated rings. The van der Waals surface area contributed by atoms with Gasteiger partial charge in [0.05, 0.1) is 29.9 Å². The maximum atomic E-state index is 13.5. The van der Waals surface area contributed by atoms with E-state index in [1.165, 1.54) is 0 Å². The lowest BCUT2D eigenvalue weighted by Gasteiger charge is -2.32. The van der Waals surface area contributed by atoms with Crippen LogP contribution in [0.25, 0.3) is 22.4 Å². The van der Waals surface area contributed by atoms with Gasteiger partial charge in [0.1, 0.15) is 5.69 Å². The molecule has 1 unspecified atom stereocenters. The molecule has 6 heteroatoms. The number of hydrogen-bond acceptors (Lipinski definition) is 5. The number of carbonyl (C=O) groups is 2. The molecule has 1 saturated heterocycles. The molecule has 3 heterocycles. The summed E-state index contributed by atoms with van der Waals surface area (Å²) in [7, 11) is 0. The van der Waals surface area contributed by atoms with Crippen LogP contribution >= 0.6 is 0 Å². The summed E-state index contributed by atoms with van der Waals surface area (Å²) in [5.74, 6) is 0.0260. The van der Waals surface area contributed by atoms with Crippen LogP contribution in [-0.4, -0.2) is 41.5 Å². The Morgan fingerprint density at radius 3 is 2.90 bits per heavy atom. The predicted octanol–water partition coefficient (Wildman–Crippen LogP) is 4.22. The van der Waals surface area contributed by atoms with Crippen molar-refractivity contribution >= 4 is 22.8 Å². The second kappa shape index (κ2) is 8.07. The molecular formula is C23H24N2O4. The molecule has 4 rings (SSSR count). The number of ether oxygens (including phenoxy) is 1. The van der Waals surface area contributed by atoms with Gasteiger partial charge in [-0.3, -0.25) is 9.59 Å². The molecule has 1 aliphatic heterocycles. The van der Waals surface area contributed by atoms with Gasteiger partial charge in [-0.15, -0.1) is 0 Å². The number of carbonyl (C=O) groups excluding carboxylic acids is 2. The van der Waals surface area contributed by atoms with Crippen LogP contribution in [0.3, 0.4) is 0 Å². The van der Waals surface area contributed by atoms with E-state index < -0.39 is 0 Å². The van der Waals surface area contributed by atoms with Gasteiger partial charge in [-0.05, 0) is 57.0 Å². The number of amides is 1. The zero-order valence-corrected chi connectivity index (χ0v) is 16.7. The normalized spacial score (nSPS) is 16.8. The number of aromatic nitrogens is 1. The van der Waals surface area contributed by atoms with Crippen LogP contribution in [0.4, 0.5) is 0 Å². The lowest BCUT2D eigenvalue weighted by atomic mass is 9.96. The van der Waals surface area contributed by atoms with Crippen molar-refractivity contribution in [2.75, 3.05) is 19.7 Å². The molecule has 0 radical (unpaired) electrons. The van der Waals surface area contributed by atoms with Crippen molar-refractivity contribution < 1.29 is 18.7 Å². The van der Waals surface area contributed by atoms with Crippen LogP contribution in [0, 0.1) is 12.8 Å². The minimum Gasteiger partial charge on any atom is -0.466 e. The number of likely N-dealkylation sites (tertiary alicyclic amines) is 1. The fraction of sp³-hybridized carbons (Fsp3) is 0.348. The highest BCUT2D eigenvalue weighted by Gasteiger charge is 2.30. The summed E-state index contributed by atoms with van der Waals surface area (Å²) in [5.41, 5.74) is 3.00. The van der Waals surface area contributed by atoms with E-state index >= 15 is 0 Å². The van der Waals surface area contributed by atoms with E-state index in [0.29, 0.717) is 36.7 Å². The van der Waals surface area contributed by atoms with Crippen LogP contribution in [0.1, 0.15) is 35.7 Å². The van der Waals surface area contributed by atoms with Gasteiger partial charge in [-0.2, -0.15) is 0 Å². The highest BCUT2D eigenvalue weighted by Crippen LogP contribution is 2.28. The zero-order chi connectivity index (χ0) is 20.4. The van der Waals surface area contributed by atoms with E-state index in [4.69, 9.17) is 9.15 Å². The first-order valence-corrected chi connectivity index (χ1v) is 9.98. The Morgan fingerprint density at radius 1 is 1.28 bits per heavy atom. The molecule has 0 bridgehead atoms. The van der Waals surface area contributed by atoms with Crippen LogP contribution in [0.2, 0.25) is 0 Å². The van der Waals surface area contributed by atoms with Gasteiger partial charge in [0.25, 0.3) is 5.91 Å². The van der Waals surface area contributed by atoms with E-state index in [1.807, 2.05) is 31.2 Å². The predicted molar refractivity (Wildman–Crippen MR) is 109 cm³/mol. The summed E-state index contributed by atoms with van der Waals surface area (Å²) in [5, 5.41) is 0.809. The van der Waals surface area contributed by atoms with E-state index in [-0.39, 0.29) is 17.8 Å². The molecule has 0 spiro atoms. The summed E-state index contributed by atoms with van der Waals surface area (Å²) < 4.78 is 10.7. The summed E-state index contributed by atoms with van der Waals surface area (Å²) in [6.07, 6.45) is 3.12. The maximum absolute atomic E-state index is 13.5. The molecule has 1 amide bonds. The monoisotopic (exact) mass is 392 g/mol. The zero-order valence-electron chi connectivity index (χ0n) is 16.7. The molecule has 2 aromatic heterocycles. The average molecular weight is 392 g/mol. The Morgan fingerprint density at radius 2 is 2.14 bits per heavy atom. The highest BCUT2D eigenvalue weighted by molar-refractivity contribution is 6.07. The lowest BCUT2D eigenvalue weighted by Crippen LogP contribution is -2.42. The molecular weight excluding hydrogens is 368 g/mol. The fourth-order valence-electron chi connectivity index (χ4n) is 3.85. The molecule has 3 aromatic rings. The Labute approximate surface area is 169 Å². The second-order valence-corrected chi connectivity index (χ2v) is 7.40. The van der Waals surface area contributed by atoms with Crippen molar-refractivity contribution in [2.24, 2.45) is 5.92 Å². The minimum atomic E-state index is -0.271. The summed E-state index contributed by atoms with van der Waals surface area (Å²) in [6.45, 7) is 5.14. The van der Waals surface area contributed by atoms with Crippen LogP contribution in [0.15, 0.2) is 47.1 Å². The van der Waals surface area contributed by atoms with Gasteiger partial charge in [-0.1, -0.05) is 11.6 Å². The first-order chi connectivity index (χ1) is 14.1. The standard InChI is InChI=1S/C23H24N2O4/c1-3-28-23(27)16-6-4-10-25(14-16)22(26)18-13-20(21-7-5-11-29-21)24-19-9-8-15(2)12-17(18)19/h5,7-9,11-13,16H,3-4,6,10,14H2,1-2H3. The third kappa shape index (κ3) is 3.88. The van der Waals surface area contributed by atoms with Gasteiger partial charge < -0.3 is 14.1 Å². The van der Waals surface area contributed by atoms with Crippen molar-refractivity contribution in [1.82, 2.24) is 9.88 Å². The number of esters is 1. The van der Waals surface area contributed by atoms with Crippen molar-refractivity contribution in [2.45, 2.75) is 26.7 Å². The molecule has 6 nitrogen and oxygen atoms in total. The Hall–Kier alpha value is -3.15. The number of pyridine rings is 1. The maximum Gasteiger partial charge on any atom is 0.310 e. The number of piperidine rings is 1. The fourth-order valence-corrected chi connectivity index (χ4v) is 3.85. The molecule has 0 saturated carbocycles. The molecule has 1 aliphatic rings. The summed E-state index contributed by atoms with van der Waals surface area (Å²) in [6, 6.07) is 11.3. The Kier molecular flexibility index (Phi) is 5.34. The van der Waals surface area contributed by atoms with Crippen LogP contribution < -0.4 is 0 Å². The number of rotatable bonds is 4. The molecule has 0 N–H and O–H groups in total. The second-order valence-electron chi connectivity index (χ2n) is 7.40. The van der Waals surface area contributed by atoms with Gasteiger partial charge in [0, 0.05) is 18.5 Å². The molecule has 1 atom stereocenters. The van der Waals surface area contributed by atoms with Gasteiger partial charge in [0.15, 0.2) is 5.76 Å². The number of hydrogen-bond donors (Lipinski definition) is 0. The Bertz CT molecular complexity index is 1040. The third-order valence-corrected chi connectivity index (χ3v) is 5.30. The van der Waals surface area contributed by atoms with Crippen LogP contribution in [0.5, 0.6) is 0 Å². The first-order valence-electron chi connectivity index (χ1n) is 9.98. The van der Waals surface area contributed by atoms with Gasteiger partial charge in [-0.25, -0.2) is 4.98 Å². The van der Waals surface area contributed by atoms with Crippen LogP contribution in [-0.2, 0) is 9.53 Å². The molecule has 29 heavy (non-hydrogen) atoms. The Balaban J connectivity index is 1.72. The van der Waals surface area contributed by atoms with E-state index in [1.54, 1.807) is 30.2 Å². The van der Waals surface area contributed by atoms with Crippen molar-refractivity contribution in [3.05, 3.63) is 53.8 Å². The minimum absolute atomic E-state index is 0.0928. The highest BCUT2D eigenvalue weighted by atomic mass is 16.5. The van der Waals surface area contributed by atoms with Crippen molar-refractivity contribution in [1.29, 1.82) is 0 Å². The number of furan rings is 1. The number of benzene rings is 1. The summed E-state index contributed by atoms with van der Waals surface area (Å²) >= 11 is 0. The van der Waals surface area contributed by atoms with Gasteiger partial charge in [0.2, 0.25) is 0 Å².